The highest BCUT2D eigenvalue weighted by atomic mass is 16.2. The topological polar surface area (TPSA) is 77.2 Å². The molecule has 0 bridgehead atoms. The molecule has 0 aromatic heterocycles. The molecule has 1 aromatic carbocycles. The number of hydrogen-bond donors (Lipinski definition) is 1. The van der Waals surface area contributed by atoms with E-state index in [9.17, 15) is 14.4 Å². The lowest BCUT2D eigenvalue weighted by atomic mass is 9.93. The number of ketones is 1. The van der Waals surface area contributed by atoms with Gasteiger partial charge in [-0.15, -0.1) is 0 Å². The molecule has 0 saturated carbocycles. The van der Waals surface area contributed by atoms with Crippen LogP contribution in [0.5, 0.6) is 0 Å². The Bertz CT molecular complexity index is 351. The lowest BCUT2D eigenvalue weighted by Crippen LogP contribution is -2.51. The Balaban J connectivity index is 3.07. The van der Waals surface area contributed by atoms with E-state index in [0.717, 1.165) is 0 Å². The van der Waals surface area contributed by atoms with Gasteiger partial charge in [0.25, 0.3) is 0 Å². The average molecular weight is 191 g/mol. The molecule has 14 heavy (non-hydrogen) atoms. The number of hydrogen-bond acceptors (Lipinski definition) is 4. The van der Waals surface area contributed by atoms with Crippen molar-refractivity contribution in [2.24, 2.45) is 5.73 Å². The Labute approximate surface area is 80.7 Å². The van der Waals surface area contributed by atoms with Crippen molar-refractivity contribution in [2.75, 3.05) is 0 Å². The van der Waals surface area contributed by atoms with Gasteiger partial charge in [0, 0.05) is 5.56 Å². The van der Waals surface area contributed by atoms with Gasteiger partial charge in [0.1, 0.15) is 0 Å². The maximum Gasteiger partial charge on any atom is 0.197 e. The van der Waals surface area contributed by atoms with E-state index in [4.69, 9.17) is 5.73 Å². The minimum absolute atomic E-state index is 0.148. The quantitative estimate of drug-likeness (QED) is 0.411. The second-order valence-electron chi connectivity index (χ2n) is 2.86. The van der Waals surface area contributed by atoms with Crippen LogP contribution in [0.4, 0.5) is 0 Å². The number of Topliss-reactive ketones (excluding diaryl/α,β-unsaturated/α-hetero) is 1. The summed E-state index contributed by atoms with van der Waals surface area (Å²) in [6.07, 6.45) is 0.296. The van der Waals surface area contributed by atoms with Gasteiger partial charge < -0.3 is 15.3 Å². The molecule has 0 unspecified atom stereocenters. The predicted molar refractivity (Wildman–Crippen MR) is 49.8 cm³/mol. The van der Waals surface area contributed by atoms with Crippen LogP contribution < -0.4 is 5.73 Å². The zero-order chi connectivity index (χ0) is 10.6. The third-order valence-electron chi connectivity index (χ3n) is 1.82. The van der Waals surface area contributed by atoms with E-state index >= 15 is 0 Å². The summed E-state index contributed by atoms with van der Waals surface area (Å²) in [7, 11) is 0. The molecule has 0 fully saturated rings. The second kappa shape index (κ2) is 3.93. The Morgan fingerprint density at radius 2 is 1.64 bits per heavy atom. The number of carbonyl (C=O) groups is 3. The number of rotatable bonds is 4. The Morgan fingerprint density at radius 1 is 1.14 bits per heavy atom. The van der Waals surface area contributed by atoms with E-state index in [1.165, 1.54) is 12.1 Å². The fraction of sp³-hybridized carbons (Fsp3) is 0.100. The SMILES string of the molecule is NC(C=O)(C=O)C(=O)c1ccccc1. The zero-order valence-corrected chi connectivity index (χ0v) is 7.34. The summed E-state index contributed by atoms with van der Waals surface area (Å²) in [5.41, 5.74) is 3.48. The van der Waals surface area contributed by atoms with Crippen LogP contribution in [0.25, 0.3) is 0 Å². The van der Waals surface area contributed by atoms with Crippen LogP contribution in [0.2, 0.25) is 0 Å². The summed E-state index contributed by atoms with van der Waals surface area (Å²) in [4.78, 5) is 32.5. The van der Waals surface area contributed by atoms with Gasteiger partial charge in [-0.3, -0.25) is 4.79 Å². The van der Waals surface area contributed by atoms with Gasteiger partial charge in [-0.1, -0.05) is 30.3 Å². The number of nitrogens with two attached hydrogens (primary N) is 1. The highest BCUT2D eigenvalue weighted by Crippen LogP contribution is 2.07. The fourth-order valence-corrected chi connectivity index (χ4v) is 0.974. The van der Waals surface area contributed by atoms with Crippen molar-refractivity contribution in [3.05, 3.63) is 35.9 Å². The smallest absolute Gasteiger partial charge is 0.197 e. The molecule has 0 aliphatic carbocycles. The van der Waals surface area contributed by atoms with Gasteiger partial charge in [-0.2, -0.15) is 0 Å². The van der Waals surface area contributed by atoms with Crippen LogP contribution in [-0.4, -0.2) is 23.9 Å². The van der Waals surface area contributed by atoms with Crippen molar-refractivity contribution in [2.45, 2.75) is 5.54 Å². The molecule has 1 rings (SSSR count). The third-order valence-corrected chi connectivity index (χ3v) is 1.82. The van der Waals surface area contributed by atoms with Gasteiger partial charge in [0.2, 0.25) is 0 Å². The van der Waals surface area contributed by atoms with Crippen LogP contribution in [0, 0.1) is 0 Å². The van der Waals surface area contributed by atoms with Gasteiger partial charge in [0.05, 0.1) is 0 Å². The van der Waals surface area contributed by atoms with Crippen molar-refractivity contribution >= 4 is 18.4 Å². The first-order valence-electron chi connectivity index (χ1n) is 3.95. The Hall–Kier alpha value is -1.81. The predicted octanol–water partition coefficient (Wildman–Crippen LogP) is -0.0354. The minimum atomic E-state index is -2.05. The van der Waals surface area contributed by atoms with Crippen molar-refractivity contribution in [1.82, 2.24) is 0 Å². The molecule has 2 N–H and O–H groups in total. The molecular formula is C10H9NO3. The van der Waals surface area contributed by atoms with Crippen LogP contribution in [-0.2, 0) is 9.59 Å². The monoisotopic (exact) mass is 191 g/mol. The van der Waals surface area contributed by atoms with Crippen LogP contribution in [0.15, 0.2) is 30.3 Å². The summed E-state index contributed by atoms with van der Waals surface area (Å²) in [5.74, 6) is -0.692. The van der Waals surface area contributed by atoms with Crippen molar-refractivity contribution in [3.8, 4) is 0 Å². The average Bonchev–Trinajstić information content (AvgIpc) is 2.28. The molecule has 0 saturated heterocycles. The first kappa shape index (κ1) is 10.3. The van der Waals surface area contributed by atoms with E-state index in [-0.39, 0.29) is 18.1 Å². The first-order chi connectivity index (χ1) is 6.64. The largest absolute Gasteiger partial charge is 0.307 e. The van der Waals surface area contributed by atoms with E-state index < -0.39 is 11.3 Å². The maximum atomic E-state index is 11.5. The van der Waals surface area contributed by atoms with Gasteiger partial charge in [-0.25, -0.2) is 0 Å². The summed E-state index contributed by atoms with van der Waals surface area (Å²) in [5, 5.41) is 0. The van der Waals surface area contributed by atoms with E-state index in [0.29, 0.717) is 0 Å². The minimum Gasteiger partial charge on any atom is -0.307 e. The number of carbonyl (C=O) groups excluding carboxylic acids is 3. The molecular weight excluding hydrogens is 182 g/mol. The molecule has 72 valence electrons. The molecule has 0 spiro atoms. The van der Waals surface area contributed by atoms with Gasteiger partial charge in [-0.05, 0) is 0 Å². The number of aldehydes is 2. The highest BCUT2D eigenvalue weighted by Gasteiger charge is 2.33. The van der Waals surface area contributed by atoms with Crippen LogP contribution >= 0.6 is 0 Å². The fourth-order valence-electron chi connectivity index (χ4n) is 0.974. The maximum absolute atomic E-state index is 11.5. The third kappa shape index (κ3) is 1.75. The van der Waals surface area contributed by atoms with Gasteiger partial charge >= 0.3 is 0 Å². The van der Waals surface area contributed by atoms with Crippen LogP contribution in [0.3, 0.4) is 0 Å². The summed E-state index contributed by atoms with van der Waals surface area (Å²) < 4.78 is 0. The second-order valence-corrected chi connectivity index (χ2v) is 2.86. The lowest BCUT2D eigenvalue weighted by Gasteiger charge is -2.13. The molecule has 0 heterocycles. The molecule has 0 aliphatic rings. The number of benzene rings is 1. The summed E-state index contributed by atoms with van der Waals surface area (Å²) in [6.45, 7) is 0. The molecule has 0 atom stereocenters. The zero-order valence-electron chi connectivity index (χ0n) is 7.34. The Morgan fingerprint density at radius 3 is 2.07 bits per heavy atom. The van der Waals surface area contributed by atoms with Crippen molar-refractivity contribution < 1.29 is 14.4 Å². The highest BCUT2D eigenvalue weighted by molar-refractivity contribution is 6.23. The van der Waals surface area contributed by atoms with Gasteiger partial charge in [0.15, 0.2) is 23.9 Å². The molecule has 0 amide bonds. The molecule has 4 heteroatoms. The standard InChI is InChI=1S/C10H9NO3/c11-10(6-12,7-13)9(14)8-4-2-1-3-5-8/h1-7H,11H2. The Kier molecular flexibility index (Phi) is 2.89. The first-order valence-corrected chi connectivity index (χ1v) is 3.95. The molecule has 1 aromatic rings. The van der Waals surface area contributed by atoms with E-state index in [1.807, 2.05) is 0 Å². The van der Waals surface area contributed by atoms with E-state index in [2.05, 4.69) is 0 Å². The van der Waals surface area contributed by atoms with E-state index in [1.54, 1.807) is 18.2 Å². The molecule has 0 radical (unpaired) electrons. The molecule has 4 nitrogen and oxygen atoms in total. The summed E-state index contributed by atoms with van der Waals surface area (Å²) >= 11 is 0. The van der Waals surface area contributed by atoms with Crippen LogP contribution in [0.1, 0.15) is 10.4 Å². The molecule has 0 aliphatic heterocycles. The summed E-state index contributed by atoms with van der Waals surface area (Å²) in [6, 6.07) is 7.97. The van der Waals surface area contributed by atoms with Crippen molar-refractivity contribution in [3.63, 3.8) is 0 Å². The normalized spacial score (nSPS) is 10.6. The van der Waals surface area contributed by atoms with Crippen molar-refractivity contribution in [1.29, 1.82) is 0 Å². The lowest BCUT2D eigenvalue weighted by molar-refractivity contribution is -0.118.